The van der Waals surface area contributed by atoms with Crippen molar-refractivity contribution in [3.8, 4) is 0 Å². The van der Waals surface area contributed by atoms with Crippen molar-refractivity contribution in [2.24, 2.45) is 34.5 Å². The van der Waals surface area contributed by atoms with Gasteiger partial charge in [0.05, 0.1) is 19.4 Å². The molecule has 0 saturated heterocycles. The molecule has 0 heterocycles. The van der Waals surface area contributed by atoms with E-state index in [4.69, 9.17) is 9.05 Å². The van der Waals surface area contributed by atoms with Crippen LogP contribution in [0.25, 0.3) is 0 Å². The first-order valence-corrected chi connectivity index (χ1v) is 14.5. The number of carbonyl (C=O) groups excluding carboxylic acids is 2. The van der Waals surface area contributed by atoms with Crippen LogP contribution in [0.5, 0.6) is 0 Å². The van der Waals surface area contributed by atoms with E-state index in [9.17, 15) is 14.2 Å². The molecule has 0 N–H and O–H groups in total. The molecule has 0 spiro atoms. The monoisotopic (exact) mass is 464 g/mol. The summed E-state index contributed by atoms with van der Waals surface area (Å²) in [5, 5.41) is 0. The molecule has 0 bridgehead atoms. The van der Waals surface area contributed by atoms with E-state index >= 15 is 0 Å². The number of ketones is 2. The van der Waals surface area contributed by atoms with E-state index in [0.29, 0.717) is 43.2 Å². The Morgan fingerprint density at radius 3 is 2.44 bits per heavy atom. The van der Waals surface area contributed by atoms with Gasteiger partial charge in [0, 0.05) is 18.8 Å². The van der Waals surface area contributed by atoms with Gasteiger partial charge in [-0.05, 0) is 93.5 Å². The van der Waals surface area contributed by atoms with Gasteiger partial charge in [-0.25, -0.2) is 0 Å². The largest absolute Gasteiger partial charge is 0.331 e. The summed E-state index contributed by atoms with van der Waals surface area (Å²) in [6, 6.07) is 0. The summed E-state index contributed by atoms with van der Waals surface area (Å²) in [7, 11) is -3.18. The van der Waals surface area contributed by atoms with Crippen LogP contribution in [0.3, 0.4) is 0 Å². The molecule has 0 aromatic carbocycles. The quantitative estimate of drug-likeness (QED) is 0.391. The van der Waals surface area contributed by atoms with E-state index in [1.165, 1.54) is 5.57 Å². The zero-order valence-corrected chi connectivity index (χ0v) is 21.3. The van der Waals surface area contributed by atoms with E-state index in [1.807, 2.05) is 19.9 Å². The van der Waals surface area contributed by atoms with Gasteiger partial charge in [-0.15, -0.1) is 0 Å². The van der Waals surface area contributed by atoms with Crippen molar-refractivity contribution in [1.29, 1.82) is 0 Å². The molecule has 0 aromatic heterocycles. The first kappa shape index (κ1) is 24.4. The molecule has 3 fully saturated rings. The Hall–Kier alpha value is -0.770. The van der Waals surface area contributed by atoms with Crippen molar-refractivity contribution in [3.63, 3.8) is 0 Å². The van der Waals surface area contributed by atoms with Crippen LogP contribution < -0.4 is 0 Å². The third-order valence-electron chi connectivity index (χ3n) is 9.63. The normalized spacial score (nSPS) is 39.1. The highest BCUT2D eigenvalue weighted by Crippen LogP contribution is 2.67. The Labute approximate surface area is 193 Å². The molecule has 0 aliphatic heterocycles. The molecule has 5 nitrogen and oxygen atoms in total. The molecule has 0 aromatic rings. The molecular formula is C26H41O5P. The second-order valence-corrected chi connectivity index (χ2v) is 13.2. The minimum atomic E-state index is -3.18. The van der Waals surface area contributed by atoms with Crippen molar-refractivity contribution < 1.29 is 23.2 Å². The van der Waals surface area contributed by atoms with Crippen LogP contribution >= 0.6 is 7.60 Å². The van der Waals surface area contributed by atoms with Gasteiger partial charge in [-0.2, -0.15) is 0 Å². The van der Waals surface area contributed by atoms with Crippen molar-refractivity contribution in [3.05, 3.63) is 11.6 Å². The Morgan fingerprint density at radius 2 is 1.75 bits per heavy atom. The number of hydrogen-bond acceptors (Lipinski definition) is 5. The zero-order valence-electron chi connectivity index (χ0n) is 20.4. The molecule has 180 valence electrons. The molecule has 3 saturated carbocycles. The molecule has 4 rings (SSSR count). The summed E-state index contributed by atoms with van der Waals surface area (Å²) < 4.78 is 23.7. The van der Waals surface area contributed by atoms with Gasteiger partial charge >= 0.3 is 7.60 Å². The van der Waals surface area contributed by atoms with Gasteiger partial charge < -0.3 is 9.05 Å². The number of allylic oxidation sites excluding steroid dienone is 1. The topological polar surface area (TPSA) is 69.7 Å². The van der Waals surface area contributed by atoms with Crippen LogP contribution in [-0.4, -0.2) is 30.9 Å². The fraction of sp³-hybridized carbons (Fsp3) is 0.846. The van der Waals surface area contributed by atoms with Crippen LogP contribution in [-0.2, 0) is 23.2 Å². The molecule has 4 aliphatic carbocycles. The van der Waals surface area contributed by atoms with E-state index in [2.05, 4.69) is 13.8 Å². The molecule has 0 amide bonds. The lowest BCUT2D eigenvalue weighted by Gasteiger charge is -2.58. The maximum absolute atomic E-state index is 13.4. The van der Waals surface area contributed by atoms with Gasteiger partial charge in [0.25, 0.3) is 0 Å². The minimum absolute atomic E-state index is 0.0432. The zero-order chi connectivity index (χ0) is 23.1. The second kappa shape index (κ2) is 9.12. The highest BCUT2D eigenvalue weighted by molar-refractivity contribution is 7.53. The number of rotatable bonds is 8. The Kier molecular flexibility index (Phi) is 6.94. The van der Waals surface area contributed by atoms with Crippen LogP contribution in [0.2, 0.25) is 0 Å². The summed E-state index contributed by atoms with van der Waals surface area (Å²) in [4.78, 5) is 25.4. The van der Waals surface area contributed by atoms with Gasteiger partial charge in [0.15, 0.2) is 5.78 Å². The van der Waals surface area contributed by atoms with Crippen molar-refractivity contribution in [2.45, 2.75) is 85.5 Å². The summed E-state index contributed by atoms with van der Waals surface area (Å²) in [5.41, 5.74) is 1.61. The van der Waals surface area contributed by atoms with Gasteiger partial charge in [-0.1, -0.05) is 19.4 Å². The third kappa shape index (κ3) is 4.12. The van der Waals surface area contributed by atoms with E-state index < -0.39 is 7.60 Å². The molecule has 0 unspecified atom stereocenters. The standard InChI is InChI=1S/C26H41O5P/c1-5-30-32(29,31-6-2)16-13-24(28)23-10-9-21-20-8-7-18-17-19(27)11-14-25(18,3)22(20)12-15-26(21,23)4/h17,20-23H,5-16H2,1-4H3/t20-,21-,22-,23+,25-,26-/m0/s1. The van der Waals surface area contributed by atoms with Crippen LogP contribution in [0.1, 0.15) is 85.5 Å². The molecule has 6 atom stereocenters. The fourth-order valence-corrected chi connectivity index (χ4v) is 9.68. The minimum Gasteiger partial charge on any atom is -0.309 e. The maximum Gasteiger partial charge on any atom is 0.331 e. The highest BCUT2D eigenvalue weighted by Gasteiger charge is 2.60. The van der Waals surface area contributed by atoms with E-state index in [-0.39, 0.29) is 35.1 Å². The Balaban J connectivity index is 1.47. The lowest BCUT2D eigenvalue weighted by atomic mass is 9.46. The summed E-state index contributed by atoms with van der Waals surface area (Å²) in [5.74, 6) is 2.48. The average Bonchev–Trinajstić information content (AvgIpc) is 3.10. The third-order valence-corrected chi connectivity index (χ3v) is 11.7. The molecule has 4 aliphatic rings. The maximum atomic E-state index is 13.4. The van der Waals surface area contributed by atoms with Crippen LogP contribution in [0.15, 0.2) is 11.6 Å². The van der Waals surface area contributed by atoms with Gasteiger partial charge in [0.2, 0.25) is 0 Å². The fourth-order valence-electron chi connectivity index (χ4n) is 8.07. The molecule has 6 heteroatoms. The SMILES string of the molecule is CCOP(=O)(CCC(=O)[C@H]1CC[C@H]2[C@@H]3CCC4=CC(=O)CC[C@]4(C)[C@H]3CC[C@]12C)OCC. The van der Waals surface area contributed by atoms with Gasteiger partial charge in [0.1, 0.15) is 5.78 Å². The van der Waals surface area contributed by atoms with Crippen molar-refractivity contribution in [1.82, 2.24) is 0 Å². The lowest BCUT2D eigenvalue weighted by Crippen LogP contribution is -2.51. The predicted molar refractivity (Wildman–Crippen MR) is 126 cm³/mol. The summed E-state index contributed by atoms with van der Waals surface area (Å²) in [6.07, 6.45) is 10.6. The average molecular weight is 465 g/mol. The molecule has 0 radical (unpaired) electrons. The molecule has 32 heavy (non-hydrogen) atoms. The van der Waals surface area contributed by atoms with Gasteiger partial charge in [-0.3, -0.25) is 14.2 Å². The number of hydrogen-bond donors (Lipinski definition) is 0. The Bertz CT molecular complexity index is 824. The van der Waals surface area contributed by atoms with Crippen LogP contribution in [0, 0.1) is 34.5 Å². The second-order valence-electron chi connectivity index (χ2n) is 11.0. The highest BCUT2D eigenvalue weighted by atomic mass is 31.2. The summed E-state index contributed by atoms with van der Waals surface area (Å²) in [6.45, 7) is 9.04. The van der Waals surface area contributed by atoms with Crippen LogP contribution in [0.4, 0.5) is 0 Å². The first-order valence-electron chi connectivity index (χ1n) is 12.8. The van der Waals surface area contributed by atoms with Crippen molar-refractivity contribution in [2.75, 3.05) is 19.4 Å². The summed E-state index contributed by atoms with van der Waals surface area (Å²) >= 11 is 0. The molecular weight excluding hydrogens is 423 g/mol. The lowest BCUT2D eigenvalue weighted by molar-refractivity contribution is -0.130. The van der Waals surface area contributed by atoms with E-state index in [1.54, 1.807) is 0 Å². The number of Topliss-reactive ketones (excluding diaryl/α,β-unsaturated/α-hetero) is 1. The van der Waals surface area contributed by atoms with Crippen molar-refractivity contribution >= 4 is 19.2 Å². The number of fused-ring (bicyclic) bond motifs is 5. The predicted octanol–water partition coefficient (Wildman–Crippen LogP) is 6.36. The number of carbonyl (C=O) groups is 2. The first-order chi connectivity index (χ1) is 15.2. The Morgan fingerprint density at radius 1 is 1.03 bits per heavy atom. The van der Waals surface area contributed by atoms with E-state index in [0.717, 1.165) is 44.9 Å². The smallest absolute Gasteiger partial charge is 0.309 e.